The molecule has 0 spiro atoms. The normalized spacial score (nSPS) is 10.4. The first kappa shape index (κ1) is 17.8. The van der Waals surface area contributed by atoms with E-state index in [1.54, 1.807) is 6.92 Å². The largest absolute Gasteiger partial charge is 0.444 e. The Morgan fingerprint density at radius 3 is 2.36 bits per heavy atom. The van der Waals surface area contributed by atoms with Crippen molar-refractivity contribution in [3.05, 3.63) is 35.4 Å². The quantitative estimate of drug-likeness (QED) is 0.687. The standard InChI is InChI=1S/C18H23NO3/c1-14(20)13-16-10-8-15(9-11-16)7-5-6-12-19-17(21)22-18(2,3)4/h8-11H,6,12-13H2,1-4H3,(H,19,21). The van der Waals surface area contributed by atoms with E-state index < -0.39 is 11.7 Å². The van der Waals surface area contributed by atoms with Crippen LogP contribution in [0.15, 0.2) is 24.3 Å². The number of carbonyl (C=O) groups excluding carboxylic acids is 2. The summed E-state index contributed by atoms with van der Waals surface area (Å²) in [6, 6.07) is 7.61. The molecule has 4 heteroatoms. The van der Waals surface area contributed by atoms with Gasteiger partial charge in [-0.05, 0) is 45.4 Å². The minimum Gasteiger partial charge on any atom is -0.444 e. The number of hydrogen-bond donors (Lipinski definition) is 1. The fourth-order valence-electron chi connectivity index (χ4n) is 1.70. The Morgan fingerprint density at radius 2 is 1.82 bits per heavy atom. The van der Waals surface area contributed by atoms with Gasteiger partial charge in [-0.2, -0.15) is 0 Å². The Labute approximate surface area is 132 Å². The van der Waals surface area contributed by atoms with Gasteiger partial charge in [-0.25, -0.2) is 4.79 Å². The summed E-state index contributed by atoms with van der Waals surface area (Å²) in [7, 11) is 0. The molecular formula is C18H23NO3. The van der Waals surface area contributed by atoms with Crippen LogP contribution in [-0.4, -0.2) is 24.0 Å². The summed E-state index contributed by atoms with van der Waals surface area (Å²) >= 11 is 0. The zero-order valence-corrected chi connectivity index (χ0v) is 13.7. The number of ketones is 1. The molecule has 1 aromatic carbocycles. The second-order valence-corrected chi connectivity index (χ2v) is 6.06. The summed E-state index contributed by atoms with van der Waals surface area (Å²) in [5, 5.41) is 2.66. The topological polar surface area (TPSA) is 55.4 Å². The molecule has 0 saturated heterocycles. The molecule has 118 valence electrons. The molecule has 0 fully saturated rings. The van der Waals surface area contributed by atoms with Crippen molar-refractivity contribution in [1.82, 2.24) is 5.32 Å². The van der Waals surface area contributed by atoms with E-state index in [4.69, 9.17) is 4.74 Å². The fraction of sp³-hybridized carbons (Fsp3) is 0.444. The van der Waals surface area contributed by atoms with Crippen molar-refractivity contribution >= 4 is 11.9 Å². The summed E-state index contributed by atoms with van der Waals surface area (Å²) < 4.78 is 5.12. The van der Waals surface area contributed by atoms with Crippen LogP contribution in [0.25, 0.3) is 0 Å². The Kier molecular flexibility index (Phi) is 6.65. The second kappa shape index (κ2) is 8.23. The Morgan fingerprint density at radius 1 is 1.18 bits per heavy atom. The van der Waals surface area contributed by atoms with Crippen molar-refractivity contribution in [2.75, 3.05) is 6.54 Å². The minimum absolute atomic E-state index is 0.145. The van der Waals surface area contributed by atoms with Gasteiger partial charge in [0.2, 0.25) is 0 Å². The molecule has 22 heavy (non-hydrogen) atoms. The minimum atomic E-state index is -0.489. The highest BCUT2D eigenvalue weighted by Gasteiger charge is 2.15. The van der Waals surface area contributed by atoms with Gasteiger partial charge in [-0.3, -0.25) is 4.79 Å². The van der Waals surface area contributed by atoms with Gasteiger partial charge in [-0.15, -0.1) is 0 Å². The van der Waals surface area contributed by atoms with Crippen molar-refractivity contribution in [2.24, 2.45) is 0 Å². The molecule has 1 amide bonds. The van der Waals surface area contributed by atoms with Crippen LogP contribution in [0.3, 0.4) is 0 Å². The molecule has 0 unspecified atom stereocenters. The predicted octanol–water partition coefficient (Wildman–Crippen LogP) is 3.08. The molecule has 0 aliphatic carbocycles. The lowest BCUT2D eigenvalue weighted by Crippen LogP contribution is -2.32. The van der Waals surface area contributed by atoms with Crippen molar-refractivity contribution in [1.29, 1.82) is 0 Å². The first-order valence-electron chi connectivity index (χ1n) is 7.30. The number of hydrogen-bond acceptors (Lipinski definition) is 3. The van der Waals surface area contributed by atoms with Gasteiger partial charge in [0.25, 0.3) is 0 Å². The number of alkyl carbamates (subject to hydrolysis) is 1. The smallest absolute Gasteiger partial charge is 0.407 e. The van der Waals surface area contributed by atoms with Crippen molar-refractivity contribution in [3.63, 3.8) is 0 Å². The molecular weight excluding hydrogens is 278 g/mol. The highest BCUT2D eigenvalue weighted by Crippen LogP contribution is 2.06. The summed E-state index contributed by atoms with van der Waals surface area (Å²) in [5.74, 6) is 6.16. The van der Waals surface area contributed by atoms with Gasteiger partial charge in [0.1, 0.15) is 11.4 Å². The van der Waals surface area contributed by atoms with Crippen LogP contribution in [0.1, 0.15) is 45.2 Å². The molecule has 1 aromatic rings. The lowest BCUT2D eigenvalue weighted by Gasteiger charge is -2.19. The molecule has 0 aliphatic heterocycles. The van der Waals surface area contributed by atoms with Crippen LogP contribution >= 0.6 is 0 Å². The maximum atomic E-state index is 11.4. The van der Waals surface area contributed by atoms with Gasteiger partial charge in [0.15, 0.2) is 0 Å². The molecule has 0 saturated carbocycles. The number of ether oxygens (including phenoxy) is 1. The van der Waals surface area contributed by atoms with Gasteiger partial charge in [0, 0.05) is 24.9 Å². The lowest BCUT2D eigenvalue weighted by molar-refractivity contribution is -0.116. The number of Topliss-reactive ketones (excluding diaryl/α,β-unsaturated/α-hetero) is 1. The summed E-state index contributed by atoms with van der Waals surface area (Å²) in [6.07, 6.45) is 0.574. The molecule has 1 N–H and O–H groups in total. The third-order valence-electron chi connectivity index (χ3n) is 2.56. The van der Waals surface area contributed by atoms with Gasteiger partial charge in [-0.1, -0.05) is 24.0 Å². The molecule has 0 bridgehead atoms. The number of carbonyl (C=O) groups is 2. The van der Waals surface area contributed by atoms with E-state index >= 15 is 0 Å². The number of nitrogens with one attached hydrogen (secondary N) is 1. The van der Waals surface area contributed by atoms with Gasteiger partial charge < -0.3 is 10.1 Å². The zero-order valence-electron chi connectivity index (χ0n) is 13.7. The summed E-state index contributed by atoms with van der Waals surface area (Å²) in [4.78, 5) is 22.4. The van der Waals surface area contributed by atoms with Crippen LogP contribution in [0.5, 0.6) is 0 Å². The zero-order chi connectivity index (χ0) is 16.6. The Hall–Kier alpha value is -2.28. The first-order valence-corrected chi connectivity index (χ1v) is 7.30. The van der Waals surface area contributed by atoms with Crippen LogP contribution in [0.4, 0.5) is 4.79 Å². The molecule has 0 heterocycles. The van der Waals surface area contributed by atoms with E-state index in [0.29, 0.717) is 19.4 Å². The maximum Gasteiger partial charge on any atom is 0.407 e. The molecule has 0 aliphatic rings. The van der Waals surface area contributed by atoms with E-state index in [1.165, 1.54) is 0 Å². The van der Waals surface area contributed by atoms with Gasteiger partial charge >= 0.3 is 6.09 Å². The van der Waals surface area contributed by atoms with Crippen LogP contribution in [0.2, 0.25) is 0 Å². The monoisotopic (exact) mass is 301 g/mol. The number of benzene rings is 1. The summed E-state index contributed by atoms with van der Waals surface area (Å²) in [5.41, 5.74) is 1.39. The lowest BCUT2D eigenvalue weighted by atomic mass is 10.1. The molecule has 4 nitrogen and oxygen atoms in total. The molecule has 0 atom stereocenters. The van der Waals surface area contributed by atoms with Crippen molar-refractivity contribution in [2.45, 2.75) is 46.1 Å². The SMILES string of the molecule is CC(=O)Cc1ccc(C#CCCNC(=O)OC(C)(C)C)cc1. The maximum absolute atomic E-state index is 11.4. The average molecular weight is 301 g/mol. The van der Waals surface area contributed by atoms with Crippen molar-refractivity contribution in [3.8, 4) is 11.8 Å². The van der Waals surface area contributed by atoms with E-state index in [2.05, 4.69) is 17.2 Å². The number of rotatable bonds is 4. The molecule has 0 aromatic heterocycles. The second-order valence-electron chi connectivity index (χ2n) is 6.06. The first-order chi connectivity index (χ1) is 10.3. The highest BCUT2D eigenvalue weighted by atomic mass is 16.6. The third-order valence-corrected chi connectivity index (χ3v) is 2.56. The predicted molar refractivity (Wildman–Crippen MR) is 86.6 cm³/mol. The van der Waals surface area contributed by atoms with Crippen LogP contribution in [-0.2, 0) is 16.0 Å². The summed E-state index contributed by atoms with van der Waals surface area (Å²) in [6.45, 7) is 7.49. The van der Waals surface area contributed by atoms with E-state index in [1.807, 2.05) is 45.0 Å². The van der Waals surface area contributed by atoms with E-state index in [0.717, 1.165) is 11.1 Å². The molecule has 1 rings (SSSR count). The Bertz CT molecular complexity index is 571. The van der Waals surface area contributed by atoms with Crippen LogP contribution in [0, 0.1) is 11.8 Å². The van der Waals surface area contributed by atoms with Crippen LogP contribution < -0.4 is 5.32 Å². The number of amides is 1. The Balaban J connectivity index is 2.35. The van der Waals surface area contributed by atoms with Gasteiger partial charge in [0.05, 0.1) is 0 Å². The van der Waals surface area contributed by atoms with Crippen molar-refractivity contribution < 1.29 is 14.3 Å². The average Bonchev–Trinajstić information content (AvgIpc) is 2.37. The van der Waals surface area contributed by atoms with E-state index in [-0.39, 0.29) is 5.78 Å². The third kappa shape index (κ3) is 8.11. The highest BCUT2D eigenvalue weighted by molar-refractivity contribution is 5.78. The van der Waals surface area contributed by atoms with E-state index in [9.17, 15) is 9.59 Å². The fourth-order valence-corrected chi connectivity index (χ4v) is 1.70. The molecule has 0 radical (unpaired) electrons.